The number of aryl methyl sites for hydroxylation is 1. The Kier molecular flexibility index (Phi) is 4.82. The number of rotatable bonds is 4. The molecule has 1 aliphatic rings. The molecule has 1 unspecified atom stereocenters. The van der Waals surface area contributed by atoms with Crippen molar-refractivity contribution in [1.82, 2.24) is 20.0 Å². The Bertz CT molecular complexity index is 526. The third-order valence-electron chi connectivity index (χ3n) is 4.04. The maximum absolute atomic E-state index is 12.2. The number of aromatic nitrogens is 2. The molecule has 7 heteroatoms. The molecule has 0 bridgehead atoms. The lowest BCUT2D eigenvalue weighted by Crippen LogP contribution is -2.45. The summed E-state index contributed by atoms with van der Waals surface area (Å²) in [4.78, 5) is 24.6. The molecule has 2 heterocycles. The van der Waals surface area contributed by atoms with Gasteiger partial charge < -0.3 is 15.3 Å². The number of urea groups is 1. The molecular formula is C14H22N4O3. The number of carboxylic acids is 1. The molecule has 2 amide bonds. The van der Waals surface area contributed by atoms with E-state index in [0.29, 0.717) is 19.6 Å². The van der Waals surface area contributed by atoms with Gasteiger partial charge in [0.15, 0.2) is 0 Å². The van der Waals surface area contributed by atoms with E-state index in [0.717, 1.165) is 24.1 Å². The van der Waals surface area contributed by atoms with Gasteiger partial charge in [0.2, 0.25) is 0 Å². The molecule has 2 N–H and O–H groups in total. The number of piperidine rings is 1. The molecule has 1 fully saturated rings. The van der Waals surface area contributed by atoms with Crippen LogP contribution in [0.4, 0.5) is 4.79 Å². The highest BCUT2D eigenvalue weighted by atomic mass is 16.4. The van der Waals surface area contributed by atoms with Crippen LogP contribution in [-0.4, -0.2) is 44.9 Å². The van der Waals surface area contributed by atoms with Crippen molar-refractivity contribution in [2.45, 2.75) is 32.7 Å². The van der Waals surface area contributed by atoms with Gasteiger partial charge >= 0.3 is 12.0 Å². The van der Waals surface area contributed by atoms with E-state index in [1.165, 1.54) is 0 Å². The number of hydrogen-bond acceptors (Lipinski definition) is 3. The molecule has 0 saturated carbocycles. The number of hydrogen-bond donors (Lipinski definition) is 2. The molecule has 116 valence electrons. The molecule has 1 atom stereocenters. The number of carboxylic acid groups (broad SMARTS) is 1. The number of likely N-dealkylation sites (tertiary alicyclic amines) is 1. The van der Waals surface area contributed by atoms with Crippen molar-refractivity contribution in [2.75, 3.05) is 13.1 Å². The Morgan fingerprint density at radius 3 is 2.90 bits per heavy atom. The van der Waals surface area contributed by atoms with E-state index in [1.807, 2.05) is 14.0 Å². The first-order valence-corrected chi connectivity index (χ1v) is 7.19. The second-order valence-electron chi connectivity index (χ2n) is 5.59. The molecule has 0 aliphatic carbocycles. The summed E-state index contributed by atoms with van der Waals surface area (Å²) in [6, 6.07) is -0.131. The summed E-state index contributed by atoms with van der Waals surface area (Å²) < 4.78 is 1.77. The molecule has 7 nitrogen and oxygen atoms in total. The van der Waals surface area contributed by atoms with Crippen LogP contribution in [0.2, 0.25) is 0 Å². The van der Waals surface area contributed by atoms with Gasteiger partial charge in [-0.05, 0) is 25.7 Å². The molecule has 1 saturated heterocycles. The molecule has 1 aliphatic heterocycles. The van der Waals surface area contributed by atoms with Crippen molar-refractivity contribution in [1.29, 1.82) is 0 Å². The highest BCUT2D eigenvalue weighted by Gasteiger charge is 2.25. The fourth-order valence-electron chi connectivity index (χ4n) is 2.66. The first-order chi connectivity index (χ1) is 9.97. The lowest BCUT2D eigenvalue weighted by Gasteiger charge is -2.32. The summed E-state index contributed by atoms with van der Waals surface area (Å²) in [6.45, 7) is 3.61. The highest BCUT2D eigenvalue weighted by Crippen LogP contribution is 2.19. The fraction of sp³-hybridized carbons (Fsp3) is 0.643. The summed E-state index contributed by atoms with van der Waals surface area (Å²) in [5, 5.41) is 15.9. The summed E-state index contributed by atoms with van der Waals surface area (Å²) in [5.74, 6) is -0.740. The molecule has 0 aromatic carbocycles. The van der Waals surface area contributed by atoms with Crippen molar-refractivity contribution in [2.24, 2.45) is 13.0 Å². The Morgan fingerprint density at radius 2 is 2.29 bits per heavy atom. The van der Waals surface area contributed by atoms with E-state index in [9.17, 15) is 9.59 Å². The smallest absolute Gasteiger partial charge is 0.317 e. The average molecular weight is 294 g/mol. The summed E-state index contributed by atoms with van der Waals surface area (Å²) >= 11 is 0. The maximum atomic E-state index is 12.2. The Labute approximate surface area is 123 Å². The average Bonchev–Trinajstić information content (AvgIpc) is 2.76. The van der Waals surface area contributed by atoms with Crippen molar-refractivity contribution in [3.8, 4) is 0 Å². The van der Waals surface area contributed by atoms with Gasteiger partial charge in [0.25, 0.3) is 0 Å². The zero-order valence-corrected chi connectivity index (χ0v) is 12.5. The number of nitrogens with zero attached hydrogens (tertiary/aromatic N) is 3. The van der Waals surface area contributed by atoms with Crippen molar-refractivity contribution in [3.63, 3.8) is 0 Å². The minimum atomic E-state index is -0.798. The first-order valence-electron chi connectivity index (χ1n) is 7.19. The Morgan fingerprint density at radius 1 is 1.52 bits per heavy atom. The highest BCUT2D eigenvalue weighted by molar-refractivity contribution is 5.74. The van der Waals surface area contributed by atoms with Crippen LogP contribution >= 0.6 is 0 Å². The van der Waals surface area contributed by atoms with Gasteiger partial charge in [-0.2, -0.15) is 5.10 Å². The molecule has 2 rings (SSSR count). The van der Waals surface area contributed by atoms with Crippen LogP contribution in [0, 0.1) is 12.8 Å². The molecule has 21 heavy (non-hydrogen) atoms. The predicted octanol–water partition coefficient (Wildman–Crippen LogP) is 1.12. The van der Waals surface area contributed by atoms with E-state index < -0.39 is 5.97 Å². The number of nitrogens with one attached hydrogen (secondary N) is 1. The quantitative estimate of drug-likeness (QED) is 0.871. The van der Waals surface area contributed by atoms with E-state index >= 15 is 0 Å². The molecule has 0 spiro atoms. The first kappa shape index (κ1) is 15.3. The zero-order valence-electron chi connectivity index (χ0n) is 12.5. The Balaban J connectivity index is 1.85. The van der Waals surface area contributed by atoms with E-state index in [2.05, 4.69) is 10.4 Å². The van der Waals surface area contributed by atoms with Gasteiger partial charge in [-0.1, -0.05) is 0 Å². The van der Waals surface area contributed by atoms with E-state index in [4.69, 9.17) is 5.11 Å². The minimum absolute atomic E-state index is 0.0575. The SMILES string of the molecule is Cc1c(CNC(=O)N2CCCC(CC(=O)O)C2)cnn1C. The van der Waals surface area contributed by atoms with Gasteiger partial charge in [-0.15, -0.1) is 0 Å². The van der Waals surface area contributed by atoms with E-state index in [-0.39, 0.29) is 18.4 Å². The molecular weight excluding hydrogens is 272 g/mol. The lowest BCUT2D eigenvalue weighted by atomic mass is 9.95. The molecule has 0 radical (unpaired) electrons. The largest absolute Gasteiger partial charge is 0.481 e. The van der Waals surface area contributed by atoms with Crippen molar-refractivity contribution >= 4 is 12.0 Å². The van der Waals surface area contributed by atoms with Crippen LogP contribution in [-0.2, 0) is 18.4 Å². The number of carbonyl (C=O) groups is 2. The van der Waals surface area contributed by atoms with Crippen molar-refractivity contribution in [3.05, 3.63) is 17.5 Å². The van der Waals surface area contributed by atoms with Gasteiger partial charge in [-0.3, -0.25) is 9.48 Å². The normalized spacial score (nSPS) is 18.6. The monoisotopic (exact) mass is 294 g/mol. The van der Waals surface area contributed by atoms with Crippen LogP contribution in [0.25, 0.3) is 0 Å². The number of aliphatic carboxylic acids is 1. The van der Waals surface area contributed by atoms with Crippen molar-refractivity contribution < 1.29 is 14.7 Å². The number of amides is 2. The maximum Gasteiger partial charge on any atom is 0.317 e. The van der Waals surface area contributed by atoms with Gasteiger partial charge in [0, 0.05) is 44.4 Å². The predicted molar refractivity (Wildman–Crippen MR) is 76.7 cm³/mol. The summed E-state index contributed by atoms with van der Waals surface area (Å²) in [6.07, 6.45) is 3.61. The second-order valence-corrected chi connectivity index (χ2v) is 5.59. The van der Waals surface area contributed by atoms with Gasteiger partial charge in [-0.25, -0.2) is 4.79 Å². The molecule has 1 aromatic rings. The fourth-order valence-corrected chi connectivity index (χ4v) is 2.66. The summed E-state index contributed by atoms with van der Waals surface area (Å²) in [5.41, 5.74) is 2.02. The van der Waals surface area contributed by atoms with Crippen LogP contribution in [0.15, 0.2) is 6.20 Å². The van der Waals surface area contributed by atoms with Crippen LogP contribution in [0.1, 0.15) is 30.5 Å². The Hall–Kier alpha value is -2.05. The summed E-state index contributed by atoms with van der Waals surface area (Å²) in [7, 11) is 1.86. The third kappa shape index (κ3) is 3.96. The van der Waals surface area contributed by atoms with Gasteiger partial charge in [0.1, 0.15) is 0 Å². The third-order valence-corrected chi connectivity index (χ3v) is 4.04. The topological polar surface area (TPSA) is 87.5 Å². The second kappa shape index (κ2) is 6.60. The molecule has 1 aromatic heterocycles. The standard InChI is InChI=1S/C14H22N4O3/c1-10-12(8-16-17(10)2)7-15-14(21)18-5-3-4-11(9-18)6-13(19)20/h8,11H,3-7,9H2,1-2H3,(H,15,21)(H,19,20). The van der Waals surface area contributed by atoms with Crippen LogP contribution in [0.3, 0.4) is 0 Å². The lowest BCUT2D eigenvalue weighted by molar-refractivity contribution is -0.138. The van der Waals surface area contributed by atoms with Gasteiger partial charge in [0.05, 0.1) is 6.20 Å². The van der Waals surface area contributed by atoms with Crippen LogP contribution in [0.5, 0.6) is 0 Å². The van der Waals surface area contributed by atoms with Crippen LogP contribution < -0.4 is 5.32 Å². The minimum Gasteiger partial charge on any atom is -0.481 e. The number of carbonyl (C=O) groups excluding carboxylic acids is 1. The zero-order chi connectivity index (χ0) is 15.4. The van der Waals surface area contributed by atoms with E-state index in [1.54, 1.807) is 15.8 Å².